The number of sulfonamides is 1. The highest BCUT2D eigenvalue weighted by molar-refractivity contribution is 7.93. The summed E-state index contributed by atoms with van der Waals surface area (Å²) in [6, 6.07) is -0.237. The van der Waals surface area contributed by atoms with Gasteiger partial charge in [0.05, 0.1) is 17.5 Å². The van der Waals surface area contributed by atoms with Gasteiger partial charge in [0, 0.05) is 25.0 Å². The lowest BCUT2D eigenvalue weighted by Crippen LogP contribution is -2.57. The second-order valence-electron chi connectivity index (χ2n) is 5.90. The molecule has 0 radical (unpaired) electrons. The van der Waals surface area contributed by atoms with Crippen LogP contribution in [0.3, 0.4) is 0 Å². The average Bonchev–Trinajstić information content (AvgIpc) is 2.70. The highest BCUT2D eigenvalue weighted by Crippen LogP contribution is 2.44. The first-order valence-corrected chi connectivity index (χ1v) is 8.75. The molecule has 8 nitrogen and oxygen atoms in total. The zero-order valence-electron chi connectivity index (χ0n) is 12.2. The molecule has 120 valence electrons. The van der Waals surface area contributed by atoms with Crippen LogP contribution in [-0.2, 0) is 10.0 Å². The zero-order chi connectivity index (χ0) is 16.0. The molecule has 1 aromatic rings. The van der Waals surface area contributed by atoms with E-state index in [2.05, 4.69) is 9.97 Å². The van der Waals surface area contributed by atoms with Crippen LogP contribution in [0.2, 0.25) is 0 Å². The first kappa shape index (κ1) is 15.0. The van der Waals surface area contributed by atoms with Crippen molar-refractivity contribution in [3.63, 3.8) is 0 Å². The maximum atomic E-state index is 12.5. The number of hydrogen-bond acceptors (Lipinski definition) is 5. The number of hydrogen-bond donors (Lipinski definition) is 1. The number of amides is 1. The van der Waals surface area contributed by atoms with Crippen LogP contribution in [0, 0.1) is 0 Å². The first-order valence-electron chi connectivity index (χ1n) is 7.14. The van der Waals surface area contributed by atoms with E-state index in [0.717, 1.165) is 0 Å². The monoisotopic (exact) mass is 326 g/mol. The Morgan fingerprint density at radius 2 is 2.18 bits per heavy atom. The lowest BCUT2D eigenvalue weighted by atomic mass is 9.81. The van der Waals surface area contributed by atoms with Gasteiger partial charge in [-0.25, -0.2) is 22.5 Å². The zero-order valence-corrected chi connectivity index (χ0v) is 13.0. The first-order chi connectivity index (χ1) is 10.4. The molecule has 0 saturated carbocycles. The molecular formula is C13H18N4O4S. The highest BCUT2D eigenvalue weighted by atomic mass is 32.2. The lowest BCUT2D eigenvalue weighted by Gasteiger charge is -2.46. The van der Waals surface area contributed by atoms with E-state index in [-0.39, 0.29) is 11.8 Å². The fourth-order valence-electron chi connectivity index (χ4n) is 3.60. The number of aromatic nitrogens is 2. The fraction of sp³-hybridized carbons (Fsp3) is 0.615. The van der Waals surface area contributed by atoms with Crippen molar-refractivity contribution in [2.24, 2.45) is 0 Å². The molecule has 2 aliphatic rings. The predicted octanol–water partition coefficient (Wildman–Crippen LogP) is 0.918. The van der Waals surface area contributed by atoms with Crippen LogP contribution in [-0.4, -0.2) is 58.4 Å². The van der Waals surface area contributed by atoms with E-state index in [9.17, 15) is 18.3 Å². The van der Waals surface area contributed by atoms with E-state index in [0.29, 0.717) is 31.6 Å². The fourth-order valence-corrected chi connectivity index (χ4v) is 5.64. The molecule has 0 aromatic carbocycles. The van der Waals surface area contributed by atoms with Crippen molar-refractivity contribution in [2.45, 2.75) is 37.8 Å². The third kappa shape index (κ3) is 2.29. The van der Waals surface area contributed by atoms with E-state index in [1.165, 1.54) is 27.8 Å². The van der Waals surface area contributed by atoms with Crippen molar-refractivity contribution in [2.75, 3.05) is 16.6 Å². The molecule has 2 saturated heterocycles. The van der Waals surface area contributed by atoms with E-state index < -0.39 is 21.7 Å². The van der Waals surface area contributed by atoms with Gasteiger partial charge in [-0.15, -0.1) is 0 Å². The summed E-state index contributed by atoms with van der Waals surface area (Å²) < 4.78 is 26.3. The van der Waals surface area contributed by atoms with Crippen molar-refractivity contribution in [3.05, 3.63) is 18.6 Å². The second-order valence-corrected chi connectivity index (χ2v) is 7.83. The van der Waals surface area contributed by atoms with Gasteiger partial charge in [-0.05, 0) is 26.2 Å². The van der Waals surface area contributed by atoms with Crippen molar-refractivity contribution in [1.29, 1.82) is 0 Å². The highest BCUT2D eigenvalue weighted by Gasteiger charge is 2.53. The van der Waals surface area contributed by atoms with E-state index in [1.807, 2.05) is 6.92 Å². The largest absolute Gasteiger partial charge is 0.465 e. The molecule has 2 unspecified atom stereocenters. The Morgan fingerprint density at radius 3 is 2.77 bits per heavy atom. The molecule has 9 heteroatoms. The molecule has 22 heavy (non-hydrogen) atoms. The predicted molar refractivity (Wildman–Crippen MR) is 79.1 cm³/mol. The molecular weight excluding hydrogens is 308 g/mol. The van der Waals surface area contributed by atoms with Crippen LogP contribution in [0.4, 0.5) is 10.6 Å². The number of carboxylic acid groups (broad SMARTS) is 1. The Morgan fingerprint density at radius 1 is 1.41 bits per heavy atom. The summed E-state index contributed by atoms with van der Waals surface area (Å²) in [7, 11) is -3.44. The summed E-state index contributed by atoms with van der Waals surface area (Å²) in [5, 5.41) is 9.20. The smallest absolute Gasteiger partial charge is 0.407 e. The van der Waals surface area contributed by atoms with Gasteiger partial charge in [-0.2, -0.15) is 0 Å². The molecule has 2 aliphatic heterocycles. The molecule has 2 atom stereocenters. The normalized spacial score (nSPS) is 30.7. The van der Waals surface area contributed by atoms with Crippen molar-refractivity contribution in [3.8, 4) is 0 Å². The average molecular weight is 326 g/mol. The Labute approximate surface area is 128 Å². The van der Waals surface area contributed by atoms with E-state index in [1.54, 1.807) is 0 Å². The van der Waals surface area contributed by atoms with Crippen LogP contribution >= 0.6 is 0 Å². The van der Waals surface area contributed by atoms with Gasteiger partial charge in [-0.3, -0.25) is 4.98 Å². The van der Waals surface area contributed by atoms with Crippen LogP contribution in [0.15, 0.2) is 18.6 Å². The van der Waals surface area contributed by atoms with E-state index >= 15 is 0 Å². The summed E-state index contributed by atoms with van der Waals surface area (Å²) in [6.07, 6.45) is 4.87. The summed E-state index contributed by atoms with van der Waals surface area (Å²) in [4.78, 5) is 20.7. The quantitative estimate of drug-likeness (QED) is 0.823. The topological polar surface area (TPSA) is 104 Å². The van der Waals surface area contributed by atoms with Gasteiger partial charge in [0.1, 0.15) is 0 Å². The third-order valence-corrected chi connectivity index (χ3v) is 6.41. The second kappa shape index (κ2) is 5.08. The molecule has 0 aliphatic carbocycles. The number of anilines is 1. The molecule has 2 fully saturated rings. The SMILES string of the molecule is CC1CC2(CCN1C(=O)O)CCS(=O)(=O)N2c1cnccn1. The van der Waals surface area contributed by atoms with Crippen LogP contribution in [0.5, 0.6) is 0 Å². The van der Waals surface area contributed by atoms with Crippen molar-refractivity contribution >= 4 is 21.9 Å². The summed E-state index contributed by atoms with van der Waals surface area (Å²) in [6.45, 7) is 2.14. The van der Waals surface area contributed by atoms with Gasteiger partial charge in [0.15, 0.2) is 5.82 Å². The van der Waals surface area contributed by atoms with Gasteiger partial charge >= 0.3 is 6.09 Å². The Balaban J connectivity index is 1.98. The molecule has 3 heterocycles. The Hall–Kier alpha value is -1.90. The van der Waals surface area contributed by atoms with Crippen LogP contribution < -0.4 is 4.31 Å². The molecule has 0 bridgehead atoms. The van der Waals surface area contributed by atoms with Crippen molar-refractivity contribution < 1.29 is 18.3 Å². The standard InChI is InChI=1S/C13H18N4O4S/c1-10-8-13(2-6-16(10)12(18)19)3-7-22(20,21)17(13)11-9-14-4-5-15-11/h4-5,9-10H,2-3,6-8H2,1H3,(H,18,19). The van der Waals surface area contributed by atoms with Gasteiger partial charge < -0.3 is 10.0 Å². The number of likely N-dealkylation sites (tertiary alicyclic amines) is 1. The summed E-state index contributed by atoms with van der Waals surface area (Å²) >= 11 is 0. The molecule has 1 aromatic heterocycles. The molecule has 3 rings (SSSR count). The Bertz CT molecular complexity index is 681. The minimum absolute atomic E-state index is 0.0589. The molecule has 1 amide bonds. The maximum Gasteiger partial charge on any atom is 0.407 e. The van der Waals surface area contributed by atoms with Crippen LogP contribution in [0.1, 0.15) is 26.2 Å². The number of rotatable bonds is 1. The number of carbonyl (C=O) groups is 1. The Kier molecular flexibility index (Phi) is 3.47. The third-order valence-electron chi connectivity index (χ3n) is 4.56. The number of nitrogens with zero attached hydrogens (tertiary/aromatic N) is 4. The number of piperidine rings is 1. The van der Waals surface area contributed by atoms with Gasteiger partial charge in [-0.1, -0.05) is 0 Å². The summed E-state index contributed by atoms with van der Waals surface area (Å²) in [5.74, 6) is 0.375. The van der Waals surface area contributed by atoms with Gasteiger partial charge in [0.2, 0.25) is 10.0 Å². The van der Waals surface area contributed by atoms with Gasteiger partial charge in [0.25, 0.3) is 0 Å². The minimum Gasteiger partial charge on any atom is -0.465 e. The molecule has 1 spiro atoms. The minimum atomic E-state index is -3.44. The molecule has 1 N–H and O–H groups in total. The summed E-state index contributed by atoms with van der Waals surface area (Å²) in [5.41, 5.74) is -0.597. The maximum absolute atomic E-state index is 12.5. The lowest BCUT2D eigenvalue weighted by molar-refractivity contribution is 0.0893. The van der Waals surface area contributed by atoms with E-state index in [4.69, 9.17) is 0 Å². The van der Waals surface area contributed by atoms with Crippen molar-refractivity contribution in [1.82, 2.24) is 14.9 Å². The van der Waals surface area contributed by atoms with Crippen LogP contribution in [0.25, 0.3) is 0 Å².